The third kappa shape index (κ3) is 3.99. The first-order valence-electron chi connectivity index (χ1n) is 10.4. The second kappa shape index (κ2) is 8.31. The molecular weight excluding hydrogens is 460 g/mol. The maximum atomic E-state index is 12.4. The first-order valence-corrected chi connectivity index (χ1v) is 11.2. The van der Waals surface area contributed by atoms with Crippen molar-refractivity contribution in [1.82, 2.24) is 14.3 Å². The van der Waals surface area contributed by atoms with Crippen molar-refractivity contribution < 1.29 is 28.3 Å². The third-order valence-corrected chi connectivity index (χ3v) is 6.23. The number of aryl methyl sites for hydroxylation is 1. The van der Waals surface area contributed by atoms with E-state index in [0.717, 1.165) is 10.4 Å². The predicted octanol–water partition coefficient (Wildman–Crippen LogP) is 4.41. The second-order valence-electron chi connectivity index (χ2n) is 7.83. The van der Waals surface area contributed by atoms with Crippen molar-refractivity contribution >= 4 is 40.7 Å². The van der Waals surface area contributed by atoms with E-state index >= 15 is 0 Å². The monoisotopic (exact) mass is 478 g/mol. The molecule has 1 aliphatic carbocycles. The summed E-state index contributed by atoms with van der Waals surface area (Å²) in [5, 5.41) is 12.1. The Bertz CT molecular complexity index is 1420. The highest BCUT2D eigenvalue weighted by Crippen LogP contribution is 2.48. The van der Waals surface area contributed by atoms with Crippen molar-refractivity contribution in [1.29, 1.82) is 0 Å². The van der Waals surface area contributed by atoms with Crippen LogP contribution < -0.4 is 5.32 Å². The molecular formula is C23H18N4O6S. The van der Waals surface area contributed by atoms with E-state index < -0.39 is 23.6 Å². The first kappa shape index (κ1) is 21.7. The number of hydrogen-bond acceptors (Lipinski definition) is 9. The number of benzene rings is 1. The Labute approximate surface area is 197 Å². The summed E-state index contributed by atoms with van der Waals surface area (Å²) in [7, 11) is 0. The molecule has 0 spiro atoms. The van der Waals surface area contributed by atoms with Gasteiger partial charge in [-0.25, -0.2) is 4.79 Å². The summed E-state index contributed by atoms with van der Waals surface area (Å²) in [6, 6.07) is 9.39. The van der Waals surface area contributed by atoms with Crippen LogP contribution in [0.1, 0.15) is 53.8 Å². The number of carboxylic acid groups (broad SMARTS) is 1. The van der Waals surface area contributed by atoms with Crippen LogP contribution in [0.25, 0.3) is 11.4 Å². The third-order valence-electron chi connectivity index (χ3n) is 5.48. The van der Waals surface area contributed by atoms with Crippen LogP contribution >= 0.6 is 11.5 Å². The van der Waals surface area contributed by atoms with Crippen LogP contribution in [0.15, 0.2) is 39.2 Å². The maximum absolute atomic E-state index is 12.4. The van der Waals surface area contributed by atoms with Gasteiger partial charge >= 0.3 is 17.8 Å². The average Bonchev–Trinajstić information content (AvgIpc) is 3.26. The number of hydrogen-bond donors (Lipinski definition) is 2. The molecule has 1 fully saturated rings. The van der Waals surface area contributed by atoms with Gasteiger partial charge in [0.2, 0.25) is 11.5 Å². The molecule has 0 saturated heterocycles. The number of amides is 1. The number of rotatable bonds is 5. The Morgan fingerprint density at radius 1 is 1.21 bits per heavy atom. The second-order valence-corrected chi connectivity index (χ2v) is 8.81. The topological polar surface area (TPSA) is 141 Å². The lowest BCUT2D eigenvalue weighted by Crippen LogP contribution is -2.19. The largest absolute Gasteiger partial charge is 0.480 e. The van der Waals surface area contributed by atoms with E-state index in [-0.39, 0.29) is 23.2 Å². The molecule has 0 aliphatic heterocycles. The van der Waals surface area contributed by atoms with Gasteiger partial charge in [-0.15, -0.1) is 0 Å². The standard InChI is InChI=1S/C23H18N4O6S/c1-12(14-6-4-3-5-7-14)31-22(30)25-17-13(2)34-27-15(17)8-9-16-24-18-19(32-16)33-20(26-18)23(10-11-23)21(28)29/h3-7,12H,10-11H2,1-2H3,(H,25,30)(H,28,29). The van der Waals surface area contributed by atoms with E-state index in [0.29, 0.717) is 24.2 Å². The fourth-order valence-electron chi connectivity index (χ4n) is 3.35. The summed E-state index contributed by atoms with van der Waals surface area (Å²) in [5.74, 6) is 4.71. The summed E-state index contributed by atoms with van der Waals surface area (Å²) in [6.07, 6.45) is -0.132. The van der Waals surface area contributed by atoms with Crippen LogP contribution in [0.4, 0.5) is 10.5 Å². The minimum atomic E-state index is -1.08. The van der Waals surface area contributed by atoms with E-state index in [1.54, 1.807) is 13.8 Å². The molecule has 1 atom stereocenters. The Balaban J connectivity index is 1.30. The maximum Gasteiger partial charge on any atom is 0.412 e. The van der Waals surface area contributed by atoms with Crippen LogP contribution in [-0.4, -0.2) is 31.5 Å². The van der Waals surface area contributed by atoms with E-state index in [1.807, 2.05) is 30.3 Å². The molecule has 1 saturated carbocycles. The minimum Gasteiger partial charge on any atom is -0.480 e. The Morgan fingerprint density at radius 3 is 2.65 bits per heavy atom. The number of carboxylic acids is 1. The number of nitrogens with zero attached hydrogens (tertiary/aromatic N) is 3. The van der Waals surface area contributed by atoms with Gasteiger partial charge in [-0.05, 0) is 49.7 Å². The zero-order valence-corrected chi connectivity index (χ0v) is 18.9. The molecule has 1 aromatic carbocycles. The zero-order valence-electron chi connectivity index (χ0n) is 18.1. The molecule has 1 unspecified atom stereocenters. The first-order chi connectivity index (χ1) is 16.4. The normalized spacial score (nSPS) is 14.8. The zero-order chi connectivity index (χ0) is 23.9. The van der Waals surface area contributed by atoms with Gasteiger partial charge < -0.3 is 18.7 Å². The lowest BCUT2D eigenvalue weighted by molar-refractivity contribution is -0.140. The summed E-state index contributed by atoms with van der Waals surface area (Å²) < 4.78 is 20.6. The van der Waals surface area contributed by atoms with E-state index in [2.05, 4.69) is 31.5 Å². The molecule has 2 N–H and O–H groups in total. The van der Waals surface area contributed by atoms with Gasteiger partial charge in [0, 0.05) is 10.8 Å². The molecule has 172 valence electrons. The molecule has 11 heteroatoms. The number of carbonyl (C=O) groups is 2. The fraction of sp³-hybridized carbons (Fsp3) is 0.261. The van der Waals surface area contributed by atoms with E-state index in [9.17, 15) is 14.7 Å². The van der Waals surface area contributed by atoms with Crippen molar-refractivity contribution in [2.24, 2.45) is 0 Å². The van der Waals surface area contributed by atoms with Gasteiger partial charge in [0.05, 0.1) is 5.69 Å². The van der Waals surface area contributed by atoms with Gasteiger partial charge in [0.1, 0.15) is 11.5 Å². The van der Waals surface area contributed by atoms with Crippen molar-refractivity contribution in [3.63, 3.8) is 0 Å². The minimum absolute atomic E-state index is 0.0121. The van der Waals surface area contributed by atoms with Crippen molar-refractivity contribution in [2.45, 2.75) is 38.2 Å². The molecule has 1 aliphatic rings. The molecule has 4 aromatic rings. The van der Waals surface area contributed by atoms with Crippen LogP contribution in [0.5, 0.6) is 0 Å². The Morgan fingerprint density at radius 2 is 1.97 bits per heavy atom. The van der Waals surface area contributed by atoms with Crippen LogP contribution in [0, 0.1) is 18.8 Å². The number of ether oxygens (including phenoxy) is 1. The summed E-state index contributed by atoms with van der Waals surface area (Å²) in [4.78, 5) is 32.9. The molecule has 10 nitrogen and oxygen atoms in total. The van der Waals surface area contributed by atoms with Crippen LogP contribution in [0.2, 0.25) is 0 Å². The predicted molar refractivity (Wildman–Crippen MR) is 120 cm³/mol. The number of carbonyl (C=O) groups excluding carboxylic acids is 1. The summed E-state index contributed by atoms with van der Waals surface area (Å²) in [5.41, 5.74) is 0.714. The van der Waals surface area contributed by atoms with Crippen LogP contribution in [0.3, 0.4) is 0 Å². The Kier molecular flexibility index (Phi) is 5.30. The van der Waals surface area contributed by atoms with Crippen molar-refractivity contribution in [3.8, 4) is 11.8 Å². The fourth-order valence-corrected chi connectivity index (χ4v) is 3.95. The van der Waals surface area contributed by atoms with Gasteiger partial charge in [-0.2, -0.15) is 14.3 Å². The lowest BCUT2D eigenvalue weighted by atomic mass is 10.1. The van der Waals surface area contributed by atoms with Gasteiger partial charge in [-0.3, -0.25) is 10.1 Å². The SMILES string of the molecule is Cc1snc(C#Cc2nc3nc(C4(C(=O)O)CC4)oc3o2)c1NC(=O)OC(C)c1ccccc1. The highest BCUT2D eigenvalue weighted by Gasteiger charge is 2.56. The molecule has 3 aromatic heterocycles. The molecule has 34 heavy (non-hydrogen) atoms. The van der Waals surface area contributed by atoms with Crippen molar-refractivity contribution in [3.05, 3.63) is 58.2 Å². The van der Waals surface area contributed by atoms with Gasteiger partial charge in [0.15, 0.2) is 5.69 Å². The quantitative estimate of drug-likeness (QED) is 0.399. The molecule has 1 amide bonds. The summed E-state index contributed by atoms with van der Waals surface area (Å²) in [6.45, 7) is 3.59. The van der Waals surface area contributed by atoms with E-state index in [1.165, 1.54) is 11.5 Å². The number of aliphatic carboxylic acids is 1. The van der Waals surface area contributed by atoms with Crippen LogP contribution in [-0.2, 0) is 14.9 Å². The molecule has 3 heterocycles. The number of nitrogens with one attached hydrogen (secondary N) is 1. The molecule has 0 radical (unpaired) electrons. The number of aromatic nitrogens is 3. The Hall–Kier alpha value is -4.17. The van der Waals surface area contributed by atoms with Crippen molar-refractivity contribution in [2.75, 3.05) is 5.32 Å². The smallest absolute Gasteiger partial charge is 0.412 e. The highest BCUT2D eigenvalue weighted by atomic mass is 32.1. The number of anilines is 1. The average molecular weight is 478 g/mol. The highest BCUT2D eigenvalue weighted by molar-refractivity contribution is 7.06. The number of oxazole rings is 2. The summed E-state index contributed by atoms with van der Waals surface area (Å²) >= 11 is 1.18. The number of fused-ring (bicyclic) bond motifs is 1. The lowest BCUT2D eigenvalue weighted by Gasteiger charge is -2.14. The van der Waals surface area contributed by atoms with E-state index in [4.69, 9.17) is 13.6 Å². The molecule has 0 bridgehead atoms. The van der Waals surface area contributed by atoms with Gasteiger partial charge in [-0.1, -0.05) is 30.3 Å². The van der Waals surface area contributed by atoms with Gasteiger partial charge in [0.25, 0.3) is 5.89 Å². The molecule has 5 rings (SSSR count).